The number of carbonyl (C=O) groups is 2. The molecule has 1 atom stereocenters. The molecular weight excluding hydrogens is 306 g/mol. The summed E-state index contributed by atoms with van der Waals surface area (Å²) < 4.78 is 5.01. The average Bonchev–Trinajstić information content (AvgIpc) is 2.86. The molecule has 0 bridgehead atoms. The molecule has 0 radical (unpaired) electrons. The SMILES string of the molecule is CC(=O)OC(C)C(=O)N1CCc2[nH]nc(-c3ccccc3)c2CC1. The summed E-state index contributed by atoms with van der Waals surface area (Å²) in [5.41, 5.74) is 4.26. The maximum atomic E-state index is 12.4. The number of hydrogen-bond donors (Lipinski definition) is 1. The van der Waals surface area contributed by atoms with Gasteiger partial charge in [-0.25, -0.2) is 0 Å². The standard InChI is InChI=1S/C18H21N3O3/c1-12(24-13(2)22)18(23)21-10-8-15-16(9-11-21)19-20-17(15)14-6-4-3-5-7-14/h3-7,12H,8-11H2,1-2H3,(H,19,20). The number of fused-ring (bicyclic) bond motifs is 1. The van der Waals surface area contributed by atoms with Crippen molar-refractivity contribution in [1.82, 2.24) is 15.1 Å². The number of aromatic amines is 1. The van der Waals surface area contributed by atoms with Crippen molar-refractivity contribution < 1.29 is 14.3 Å². The largest absolute Gasteiger partial charge is 0.453 e. The summed E-state index contributed by atoms with van der Waals surface area (Å²) in [6, 6.07) is 10.0. The highest BCUT2D eigenvalue weighted by Crippen LogP contribution is 2.26. The van der Waals surface area contributed by atoms with Crippen LogP contribution in [0, 0.1) is 0 Å². The second-order valence-corrected chi connectivity index (χ2v) is 5.97. The smallest absolute Gasteiger partial charge is 0.303 e. The number of carbonyl (C=O) groups excluding carboxylic acids is 2. The van der Waals surface area contributed by atoms with Gasteiger partial charge in [0.25, 0.3) is 5.91 Å². The second-order valence-electron chi connectivity index (χ2n) is 5.97. The van der Waals surface area contributed by atoms with Crippen molar-refractivity contribution >= 4 is 11.9 Å². The lowest BCUT2D eigenvalue weighted by atomic mass is 10.0. The van der Waals surface area contributed by atoms with E-state index in [1.165, 1.54) is 6.92 Å². The van der Waals surface area contributed by atoms with Gasteiger partial charge in [-0.3, -0.25) is 14.7 Å². The number of benzene rings is 1. The van der Waals surface area contributed by atoms with Crippen LogP contribution in [0.5, 0.6) is 0 Å². The van der Waals surface area contributed by atoms with Crippen LogP contribution in [0.2, 0.25) is 0 Å². The van der Waals surface area contributed by atoms with Gasteiger partial charge in [0.05, 0.1) is 5.69 Å². The molecule has 0 spiro atoms. The fourth-order valence-corrected chi connectivity index (χ4v) is 3.09. The van der Waals surface area contributed by atoms with E-state index in [1.54, 1.807) is 11.8 Å². The molecule has 0 fully saturated rings. The van der Waals surface area contributed by atoms with Gasteiger partial charge in [0.15, 0.2) is 6.10 Å². The van der Waals surface area contributed by atoms with Crippen molar-refractivity contribution in [3.63, 3.8) is 0 Å². The molecule has 1 aliphatic heterocycles. The molecule has 1 N–H and O–H groups in total. The summed E-state index contributed by atoms with van der Waals surface area (Å²) >= 11 is 0. The third kappa shape index (κ3) is 3.32. The van der Waals surface area contributed by atoms with Crippen LogP contribution < -0.4 is 0 Å². The summed E-state index contributed by atoms with van der Waals surface area (Å²) in [7, 11) is 0. The summed E-state index contributed by atoms with van der Waals surface area (Å²) in [6.07, 6.45) is 0.702. The molecule has 1 aliphatic rings. The monoisotopic (exact) mass is 327 g/mol. The lowest BCUT2D eigenvalue weighted by molar-refractivity contribution is -0.157. The lowest BCUT2D eigenvalue weighted by Crippen LogP contribution is -2.41. The lowest BCUT2D eigenvalue weighted by Gasteiger charge is -2.23. The number of ether oxygens (including phenoxy) is 1. The number of amides is 1. The van der Waals surface area contributed by atoms with E-state index in [9.17, 15) is 9.59 Å². The van der Waals surface area contributed by atoms with Crippen molar-refractivity contribution in [1.29, 1.82) is 0 Å². The van der Waals surface area contributed by atoms with Crippen LogP contribution in [0.25, 0.3) is 11.3 Å². The molecule has 1 aromatic heterocycles. The summed E-state index contributed by atoms with van der Waals surface area (Å²) in [5.74, 6) is -0.587. The third-order valence-electron chi connectivity index (χ3n) is 4.27. The van der Waals surface area contributed by atoms with Gasteiger partial charge >= 0.3 is 5.97 Å². The van der Waals surface area contributed by atoms with E-state index in [1.807, 2.05) is 30.3 Å². The zero-order chi connectivity index (χ0) is 17.1. The van der Waals surface area contributed by atoms with Gasteiger partial charge in [-0.2, -0.15) is 5.10 Å². The predicted molar refractivity (Wildman–Crippen MR) is 89.2 cm³/mol. The van der Waals surface area contributed by atoms with Gasteiger partial charge in [-0.1, -0.05) is 30.3 Å². The quantitative estimate of drug-likeness (QED) is 0.875. The van der Waals surface area contributed by atoms with Crippen LogP contribution in [-0.4, -0.2) is 46.2 Å². The van der Waals surface area contributed by atoms with Gasteiger partial charge in [0, 0.05) is 43.3 Å². The van der Waals surface area contributed by atoms with Crippen LogP contribution >= 0.6 is 0 Å². The molecule has 24 heavy (non-hydrogen) atoms. The van der Waals surface area contributed by atoms with Crippen LogP contribution in [-0.2, 0) is 27.2 Å². The van der Waals surface area contributed by atoms with E-state index >= 15 is 0 Å². The minimum atomic E-state index is -0.745. The Labute approximate surface area is 140 Å². The van der Waals surface area contributed by atoms with Gasteiger partial charge in [0.1, 0.15) is 0 Å². The molecule has 1 unspecified atom stereocenters. The molecule has 2 aromatic rings. The molecule has 1 aromatic carbocycles. The summed E-state index contributed by atoms with van der Waals surface area (Å²) in [5, 5.41) is 7.57. The highest BCUT2D eigenvalue weighted by molar-refractivity contribution is 5.83. The fourth-order valence-electron chi connectivity index (χ4n) is 3.09. The fraction of sp³-hybridized carbons (Fsp3) is 0.389. The van der Waals surface area contributed by atoms with Crippen LogP contribution in [0.4, 0.5) is 0 Å². The molecule has 3 rings (SSSR count). The summed E-state index contributed by atoms with van der Waals surface area (Å²) in [4.78, 5) is 25.2. The number of nitrogens with zero attached hydrogens (tertiary/aromatic N) is 2. The van der Waals surface area contributed by atoms with E-state index in [0.29, 0.717) is 19.5 Å². The third-order valence-corrected chi connectivity index (χ3v) is 4.27. The maximum absolute atomic E-state index is 12.4. The number of H-pyrrole nitrogens is 1. The molecule has 0 saturated heterocycles. The Hall–Kier alpha value is -2.63. The first-order chi connectivity index (χ1) is 11.6. The van der Waals surface area contributed by atoms with Crippen molar-refractivity contribution in [3.8, 4) is 11.3 Å². The number of hydrogen-bond acceptors (Lipinski definition) is 4. The van der Waals surface area contributed by atoms with Crippen LogP contribution in [0.1, 0.15) is 25.1 Å². The van der Waals surface area contributed by atoms with Gasteiger partial charge in [-0.05, 0) is 13.3 Å². The highest BCUT2D eigenvalue weighted by atomic mass is 16.5. The number of rotatable bonds is 3. The Morgan fingerprint density at radius 1 is 1.21 bits per heavy atom. The van der Waals surface area contributed by atoms with Gasteiger partial charge in [-0.15, -0.1) is 0 Å². The molecule has 6 nitrogen and oxygen atoms in total. The van der Waals surface area contributed by atoms with Crippen molar-refractivity contribution in [2.75, 3.05) is 13.1 Å². The van der Waals surface area contributed by atoms with E-state index in [0.717, 1.165) is 28.9 Å². The van der Waals surface area contributed by atoms with E-state index in [4.69, 9.17) is 4.74 Å². The minimum absolute atomic E-state index is 0.149. The Kier molecular flexibility index (Phi) is 4.64. The topological polar surface area (TPSA) is 75.3 Å². The van der Waals surface area contributed by atoms with Crippen LogP contribution in [0.3, 0.4) is 0 Å². The zero-order valence-corrected chi connectivity index (χ0v) is 13.9. The number of nitrogens with one attached hydrogen (secondary N) is 1. The second kappa shape index (κ2) is 6.86. The van der Waals surface area contributed by atoms with E-state index in [2.05, 4.69) is 10.2 Å². The van der Waals surface area contributed by atoms with E-state index in [-0.39, 0.29) is 5.91 Å². The molecule has 1 amide bonds. The normalized spacial score (nSPS) is 15.3. The highest BCUT2D eigenvalue weighted by Gasteiger charge is 2.26. The Morgan fingerprint density at radius 3 is 2.62 bits per heavy atom. The molecule has 0 aliphatic carbocycles. The van der Waals surface area contributed by atoms with Gasteiger partial charge < -0.3 is 9.64 Å². The molecule has 126 valence electrons. The van der Waals surface area contributed by atoms with Crippen molar-refractivity contribution in [3.05, 3.63) is 41.6 Å². The Morgan fingerprint density at radius 2 is 1.92 bits per heavy atom. The summed E-state index contributed by atoms with van der Waals surface area (Å²) in [6.45, 7) is 4.12. The van der Waals surface area contributed by atoms with Gasteiger partial charge in [0.2, 0.25) is 0 Å². The number of aromatic nitrogens is 2. The Balaban J connectivity index is 1.75. The number of esters is 1. The molecular formula is C18H21N3O3. The van der Waals surface area contributed by atoms with Crippen LogP contribution in [0.15, 0.2) is 30.3 Å². The Bertz CT molecular complexity index is 739. The first-order valence-corrected chi connectivity index (χ1v) is 8.14. The zero-order valence-electron chi connectivity index (χ0n) is 13.9. The maximum Gasteiger partial charge on any atom is 0.303 e. The molecule has 2 heterocycles. The first-order valence-electron chi connectivity index (χ1n) is 8.14. The van der Waals surface area contributed by atoms with Crippen molar-refractivity contribution in [2.24, 2.45) is 0 Å². The first kappa shape index (κ1) is 16.2. The average molecular weight is 327 g/mol. The van der Waals surface area contributed by atoms with Crippen molar-refractivity contribution in [2.45, 2.75) is 32.8 Å². The minimum Gasteiger partial charge on any atom is -0.453 e. The molecule has 6 heteroatoms. The molecule has 0 saturated carbocycles. The predicted octanol–water partition coefficient (Wildman–Crippen LogP) is 1.96. The van der Waals surface area contributed by atoms with E-state index < -0.39 is 12.1 Å².